The number of urea groups is 1. The van der Waals surface area contributed by atoms with Crippen LogP contribution in [0.25, 0.3) is 0 Å². The molecule has 2 aromatic carbocycles. The van der Waals surface area contributed by atoms with Gasteiger partial charge in [0, 0.05) is 17.9 Å². The summed E-state index contributed by atoms with van der Waals surface area (Å²) in [6.07, 6.45) is 3.47. The largest absolute Gasteiger partial charge is 0.324 e. The van der Waals surface area contributed by atoms with E-state index >= 15 is 0 Å². The number of amides is 3. The Morgan fingerprint density at radius 1 is 1.04 bits per heavy atom. The van der Waals surface area contributed by atoms with Crippen molar-refractivity contribution in [2.45, 2.75) is 38.6 Å². The maximum atomic E-state index is 13.0. The van der Waals surface area contributed by atoms with Gasteiger partial charge in [0.2, 0.25) is 5.91 Å². The van der Waals surface area contributed by atoms with Crippen molar-refractivity contribution in [2.75, 3.05) is 17.2 Å². The number of aryl methyl sites for hydroxylation is 1. The molecule has 0 aliphatic carbocycles. The molecular formula is C21H24FN3O2. The average Bonchev–Trinajstić information content (AvgIpc) is 3.15. The number of halogens is 1. The fourth-order valence-electron chi connectivity index (χ4n) is 3.28. The van der Waals surface area contributed by atoms with Gasteiger partial charge in [-0.2, -0.15) is 0 Å². The smallest absolute Gasteiger partial charge is 0.322 e. The summed E-state index contributed by atoms with van der Waals surface area (Å²) in [6.45, 7) is 2.64. The zero-order chi connectivity index (χ0) is 19.2. The van der Waals surface area contributed by atoms with Crippen LogP contribution >= 0.6 is 0 Å². The van der Waals surface area contributed by atoms with Gasteiger partial charge in [0.15, 0.2) is 0 Å². The lowest BCUT2D eigenvalue weighted by Crippen LogP contribution is -2.45. The van der Waals surface area contributed by atoms with Crippen LogP contribution in [-0.4, -0.2) is 29.4 Å². The minimum atomic E-state index is -0.513. The Kier molecular flexibility index (Phi) is 6.06. The van der Waals surface area contributed by atoms with Crippen LogP contribution in [0.2, 0.25) is 0 Å². The van der Waals surface area contributed by atoms with E-state index in [1.807, 2.05) is 24.3 Å². The molecule has 0 saturated carbocycles. The molecule has 0 bridgehead atoms. The van der Waals surface area contributed by atoms with E-state index < -0.39 is 6.04 Å². The fourth-order valence-corrected chi connectivity index (χ4v) is 3.28. The van der Waals surface area contributed by atoms with Gasteiger partial charge in [-0.1, -0.05) is 25.5 Å². The Labute approximate surface area is 158 Å². The summed E-state index contributed by atoms with van der Waals surface area (Å²) in [6, 6.07) is 12.5. The zero-order valence-electron chi connectivity index (χ0n) is 15.4. The van der Waals surface area contributed by atoms with Gasteiger partial charge in [-0.05, 0) is 61.2 Å². The number of anilines is 2. The minimum absolute atomic E-state index is 0.190. The van der Waals surface area contributed by atoms with Crippen LogP contribution < -0.4 is 10.6 Å². The van der Waals surface area contributed by atoms with Crippen molar-refractivity contribution in [3.63, 3.8) is 0 Å². The van der Waals surface area contributed by atoms with Crippen molar-refractivity contribution in [2.24, 2.45) is 0 Å². The fraction of sp³-hybridized carbons (Fsp3) is 0.333. The third kappa shape index (κ3) is 4.84. The molecule has 142 valence electrons. The molecule has 27 heavy (non-hydrogen) atoms. The first-order valence-corrected chi connectivity index (χ1v) is 9.30. The highest BCUT2D eigenvalue weighted by Gasteiger charge is 2.34. The van der Waals surface area contributed by atoms with E-state index in [0.717, 1.165) is 24.9 Å². The molecule has 0 spiro atoms. The van der Waals surface area contributed by atoms with Crippen LogP contribution in [-0.2, 0) is 11.2 Å². The highest BCUT2D eigenvalue weighted by Crippen LogP contribution is 2.21. The van der Waals surface area contributed by atoms with Gasteiger partial charge < -0.3 is 15.5 Å². The number of hydrogen-bond donors (Lipinski definition) is 2. The second-order valence-electron chi connectivity index (χ2n) is 6.72. The first kappa shape index (κ1) is 18.9. The topological polar surface area (TPSA) is 61.4 Å². The molecule has 6 heteroatoms. The molecule has 1 heterocycles. The number of nitrogens with one attached hydrogen (secondary N) is 2. The zero-order valence-corrected chi connectivity index (χ0v) is 15.4. The van der Waals surface area contributed by atoms with E-state index in [-0.39, 0.29) is 17.8 Å². The van der Waals surface area contributed by atoms with Gasteiger partial charge in [-0.3, -0.25) is 4.79 Å². The quantitative estimate of drug-likeness (QED) is 0.820. The van der Waals surface area contributed by atoms with Crippen LogP contribution in [0.5, 0.6) is 0 Å². The summed E-state index contributed by atoms with van der Waals surface area (Å²) in [5, 5.41) is 5.62. The Balaban J connectivity index is 1.61. The number of benzene rings is 2. The average molecular weight is 369 g/mol. The Bertz CT molecular complexity index is 790. The Morgan fingerprint density at radius 3 is 2.33 bits per heavy atom. The van der Waals surface area contributed by atoms with E-state index in [2.05, 4.69) is 17.6 Å². The van der Waals surface area contributed by atoms with Gasteiger partial charge in [0.25, 0.3) is 0 Å². The molecule has 0 radical (unpaired) electrons. The van der Waals surface area contributed by atoms with Gasteiger partial charge in [-0.15, -0.1) is 0 Å². The molecule has 5 nitrogen and oxygen atoms in total. The van der Waals surface area contributed by atoms with Crippen LogP contribution in [0.4, 0.5) is 20.6 Å². The standard InChI is InChI=1S/C21H24FN3O2/c1-2-4-15-6-10-17(11-7-15)23-20(26)19-5-3-14-25(19)21(27)24-18-12-8-16(22)9-13-18/h6-13,19H,2-5,14H2,1H3,(H,23,26)(H,24,27)/t19-/m0/s1. The van der Waals surface area contributed by atoms with Crippen LogP contribution in [0.1, 0.15) is 31.7 Å². The first-order chi connectivity index (χ1) is 13.1. The third-order valence-corrected chi connectivity index (χ3v) is 4.67. The molecule has 3 rings (SSSR count). The van der Waals surface area contributed by atoms with Crippen LogP contribution in [0.3, 0.4) is 0 Å². The van der Waals surface area contributed by atoms with E-state index in [9.17, 15) is 14.0 Å². The highest BCUT2D eigenvalue weighted by atomic mass is 19.1. The van der Waals surface area contributed by atoms with E-state index in [0.29, 0.717) is 18.7 Å². The van der Waals surface area contributed by atoms with E-state index in [4.69, 9.17) is 0 Å². The summed E-state index contributed by atoms with van der Waals surface area (Å²) in [7, 11) is 0. The monoisotopic (exact) mass is 369 g/mol. The minimum Gasteiger partial charge on any atom is -0.324 e. The molecule has 2 aromatic rings. The van der Waals surface area contributed by atoms with Crippen molar-refractivity contribution in [1.29, 1.82) is 0 Å². The lowest BCUT2D eigenvalue weighted by molar-refractivity contribution is -0.119. The number of nitrogens with zero attached hydrogens (tertiary/aromatic N) is 1. The second-order valence-corrected chi connectivity index (χ2v) is 6.72. The molecule has 1 atom stereocenters. The highest BCUT2D eigenvalue weighted by molar-refractivity contribution is 5.99. The van der Waals surface area contributed by atoms with Crippen molar-refractivity contribution < 1.29 is 14.0 Å². The van der Waals surface area contributed by atoms with Crippen molar-refractivity contribution in [3.05, 3.63) is 59.9 Å². The molecule has 1 aliphatic heterocycles. The molecular weight excluding hydrogens is 345 g/mol. The van der Waals surface area contributed by atoms with E-state index in [1.165, 1.54) is 34.7 Å². The molecule has 1 saturated heterocycles. The lowest BCUT2D eigenvalue weighted by Gasteiger charge is -2.24. The van der Waals surface area contributed by atoms with Crippen LogP contribution in [0, 0.1) is 5.82 Å². The number of likely N-dealkylation sites (tertiary alicyclic amines) is 1. The maximum Gasteiger partial charge on any atom is 0.322 e. The summed E-state index contributed by atoms with van der Waals surface area (Å²) in [5.41, 5.74) is 2.46. The molecule has 1 fully saturated rings. The van der Waals surface area contributed by atoms with Gasteiger partial charge in [0.1, 0.15) is 11.9 Å². The summed E-state index contributed by atoms with van der Waals surface area (Å²) >= 11 is 0. The number of carbonyl (C=O) groups is 2. The Hall–Kier alpha value is -2.89. The summed E-state index contributed by atoms with van der Waals surface area (Å²) in [5.74, 6) is -0.554. The summed E-state index contributed by atoms with van der Waals surface area (Å²) < 4.78 is 13.0. The predicted octanol–water partition coefficient (Wildman–Crippen LogP) is 4.41. The van der Waals surface area contributed by atoms with Crippen molar-refractivity contribution in [1.82, 2.24) is 4.90 Å². The van der Waals surface area contributed by atoms with Crippen LogP contribution in [0.15, 0.2) is 48.5 Å². The van der Waals surface area contributed by atoms with E-state index in [1.54, 1.807) is 0 Å². The summed E-state index contributed by atoms with van der Waals surface area (Å²) in [4.78, 5) is 26.7. The van der Waals surface area contributed by atoms with Gasteiger partial charge in [-0.25, -0.2) is 9.18 Å². The molecule has 0 aromatic heterocycles. The molecule has 0 unspecified atom stereocenters. The predicted molar refractivity (Wildman–Crippen MR) is 104 cm³/mol. The first-order valence-electron chi connectivity index (χ1n) is 9.30. The second kappa shape index (κ2) is 8.66. The normalized spacial score (nSPS) is 16.2. The molecule has 3 amide bonds. The maximum absolute atomic E-state index is 13.0. The Morgan fingerprint density at radius 2 is 1.67 bits per heavy atom. The number of hydrogen-bond acceptors (Lipinski definition) is 2. The van der Waals surface area contributed by atoms with Gasteiger partial charge >= 0.3 is 6.03 Å². The molecule has 2 N–H and O–H groups in total. The SMILES string of the molecule is CCCc1ccc(NC(=O)[C@@H]2CCCN2C(=O)Nc2ccc(F)cc2)cc1. The number of rotatable bonds is 5. The van der Waals surface area contributed by atoms with Gasteiger partial charge in [0.05, 0.1) is 0 Å². The van der Waals surface area contributed by atoms with Crippen molar-refractivity contribution in [3.8, 4) is 0 Å². The lowest BCUT2D eigenvalue weighted by atomic mass is 10.1. The number of carbonyl (C=O) groups excluding carboxylic acids is 2. The molecule has 1 aliphatic rings. The van der Waals surface area contributed by atoms with Crippen molar-refractivity contribution >= 4 is 23.3 Å². The third-order valence-electron chi connectivity index (χ3n) is 4.67.